The number of rotatable bonds is 4. The molecule has 0 heterocycles. The first-order valence-electron chi connectivity index (χ1n) is 8.02. The predicted octanol–water partition coefficient (Wildman–Crippen LogP) is 6.01. The van der Waals surface area contributed by atoms with Gasteiger partial charge in [0, 0.05) is 23.5 Å². The van der Waals surface area contributed by atoms with Crippen LogP contribution in [0.3, 0.4) is 0 Å². The minimum Gasteiger partial charge on any atom is -0.450 e. The Balaban J connectivity index is 2.17. The molecule has 0 aliphatic heterocycles. The van der Waals surface area contributed by atoms with E-state index in [0.717, 1.165) is 36.4 Å². The molecule has 4 nitrogen and oxygen atoms in total. The number of anilines is 2. The first-order chi connectivity index (χ1) is 14.0. The molecular formula is C19H11F7N2O2. The number of halogens is 7. The van der Waals surface area contributed by atoms with Gasteiger partial charge in [-0.05, 0) is 30.3 Å². The summed E-state index contributed by atoms with van der Waals surface area (Å²) in [5.41, 5.74) is 8.84. The van der Waals surface area contributed by atoms with Crippen LogP contribution >= 0.6 is 0 Å². The number of nitrogen functional groups attached to an aromatic ring is 2. The average Bonchev–Trinajstić information content (AvgIpc) is 2.65. The quantitative estimate of drug-likeness (QED) is 0.391. The van der Waals surface area contributed by atoms with Gasteiger partial charge in [-0.25, -0.2) is 13.2 Å². The maximum atomic E-state index is 14.9. The fourth-order valence-corrected chi connectivity index (χ4v) is 2.40. The zero-order valence-corrected chi connectivity index (χ0v) is 14.7. The van der Waals surface area contributed by atoms with Gasteiger partial charge in [-0.2, -0.15) is 17.6 Å². The number of hydrogen-bond donors (Lipinski definition) is 2. The summed E-state index contributed by atoms with van der Waals surface area (Å²) in [6, 6.07) is 5.36. The zero-order valence-electron chi connectivity index (χ0n) is 14.7. The molecule has 158 valence electrons. The Bertz CT molecular complexity index is 1120. The minimum absolute atomic E-state index is 0.0440. The Morgan fingerprint density at radius 3 is 1.57 bits per heavy atom. The van der Waals surface area contributed by atoms with Crippen LogP contribution in [0, 0.1) is 23.3 Å². The van der Waals surface area contributed by atoms with Crippen molar-refractivity contribution in [3.05, 3.63) is 71.3 Å². The van der Waals surface area contributed by atoms with Gasteiger partial charge >= 0.3 is 6.18 Å². The highest BCUT2D eigenvalue weighted by atomic mass is 19.4. The lowest BCUT2D eigenvalue weighted by Crippen LogP contribution is -2.11. The third-order valence-electron chi connectivity index (χ3n) is 3.77. The van der Waals surface area contributed by atoms with E-state index in [9.17, 15) is 30.7 Å². The lowest BCUT2D eigenvalue weighted by molar-refractivity contribution is -0.139. The summed E-state index contributed by atoms with van der Waals surface area (Å²) in [6.07, 6.45) is -5.28. The molecule has 0 aromatic heterocycles. The lowest BCUT2D eigenvalue weighted by Gasteiger charge is -2.18. The van der Waals surface area contributed by atoms with E-state index < -0.39 is 58.0 Å². The highest BCUT2D eigenvalue weighted by Gasteiger charge is 2.39. The molecule has 0 fully saturated rings. The highest BCUT2D eigenvalue weighted by molar-refractivity contribution is 5.52. The van der Waals surface area contributed by atoms with Gasteiger partial charge in [0.15, 0.2) is 34.7 Å². The molecule has 0 saturated heterocycles. The molecule has 0 aliphatic rings. The molecule has 4 N–H and O–H groups in total. The van der Waals surface area contributed by atoms with Crippen molar-refractivity contribution in [2.45, 2.75) is 6.18 Å². The van der Waals surface area contributed by atoms with Gasteiger partial charge in [-0.1, -0.05) is 0 Å². The van der Waals surface area contributed by atoms with Crippen molar-refractivity contribution < 1.29 is 40.2 Å². The molecule has 0 atom stereocenters. The normalized spacial score (nSPS) is 11.4. The van der Waals surface area contributed by atoms with E-state index in [1.807, 2.05) is 0 Å². The molecule has 0 aliphatic carbocycles. The first-order valence-corrected chi connectivity index (χ1v) is 8.02. The van der Waals surface area contributed by atoms with Crippen LogP contribution in [0.25, 0.3) is 0 Å². The second-order valence-electron chi connectivity index (χ2n) is 5.96. The molecule has 0 bridgehead atoms. The summed E-state index contributed by atoms with van der Waals surface area (Å²) in [4.78, 5) is 0. The van der Waals surface area contributed by atoms with Crippen LogP contribution < -0.4 is 20.9 Å². The molecule has 0 spiro atoms. The third-order valence-corrected chi connectivity index (χ3v) is 3.77. The molecule has 3 rings (SSSR count). The second kappa shape index (κ2) is 7.65. The molecular weight excluding hydrogens is 421 g/mol. The SMILES string of the molecule is Nc1ccc(F)c(Oc2c(F)cc(C(F)(F)F)c(Oc3cc(N)ccc3F)c2F)c1. The maximum absolute atomic E-state index is 14.9. The summed E-state index contributed by atoms with van der Waals surface area (Å²) in [7, 11) is 0. The predicted molar refractivity (Wildman–Crippen MR) is 93.1 cm³/mol. The number of hydrogen-bond acceptors (Lipinski definition) is 4. The van der Waals surface area contributed by atoms with E-state index in [-0.39, 0.29) is 17.4 Å². The van der Waals surface area contributed by atoms with E-state index in [1.54, 1.807) is 0 Å². The maximum Gasteiger partial charge on any atom is 0.420 e. The van der Waals surface area contributed by atoms with Gasteiger partial charge in [-0.3, -0.25) is 0 Å². The molecule has 30 heavy (non-hydrogen) atoms. The second-order valence-corrected chi connectivity index (χ2v) is 5.96. The van der Waals surface area contributed by atoms with E-state index in [1.165, 1.54) is 0 Å². The van der Waals surface area contributed by atoms with E-state index >= 15 is 0 Å². The van der Waals surface area contributed by atoms with Gasteiger partial charge in [-0.15, -0.1) is 0 Å². The number of ether oxygens (including phenoxy) is 2. The zero-order chi connectivity index (χ0) is 22.2. The topological polar surface area (TPSA) is 70.5 Å². The van der Waals surface area contributed by atoms with Crippen LogP contribution in [0.15, 0.2) is 42.5 Å². The Labute approximate surface area is 164 Å². The van der Waals surface area contributed by atoms with Crippen LogP contribution in [0.5, 0.6) is 23.0 Å². The van der Waals surface area contributed by atoms with Crippen LogP contribution in [0.1, 0.15) is 5.56 Å². The van der Waals surface area contributed by atoms with Crippen molar-refractivity contribution in [2.75, 3.05) is 11.5 Å². The van der Waals surface area contributed by atoms with Crippen molar-refractivity contribution in [1.29, 1.82) is 0 Å². The summed E-state index contributed by atoms with van der Waals surface area (Å²) in [5, 5.41) is 0. The Kier molecular flexibility index (Phi) is 5.38. The molecule has 0 unspecified atom stereocenters. The van der Waals surface area contributed by atoms with Crippen LogP contribution in [-0.4, -0.2) is 0 Å². The smallest absolute Gasteiger partial charge is 0.420 e. The van der Waals surface area contributed by atoms with Gasteiger partial charge in [0.25, 0.3) is 0 Å². The van der Waals surface area contributed by atoms with Crippen molar-refractivity contribution in [2.24, 2.45) is 0 Å². The minimum atomic E-state index is -5.28. The fourth-order valence-electron chi connectivity index (χ4n) is 2.40. The highest BCUT2D eigenvalue weighted by Crippen LogP contribution is 2.45. The fraction of sp³-hybridized carbons (Fsp3) is 0.0526. The molecule has 11 heteroatoms. The number of nitrogens with two attached hydrogens (primary N) is 2. The van der Waals surface area contributed by atoms with Crippen LogP contribution in [0.2, 0.25) is 0 Å². The van der Waals surface area contributed by atoms with Gasteiger partial charge in [0.2, 0.25) is 11.6 Å². The Hall–Kier alpha value is -3.63. The van der Waals surface area contributed by atoms with Gasteiger partial charge in [0.1, 0.15) is 5.56 Å². The standard InChI is InChI=1S/C19H11F7N2O2/c20-11-3-1-8(27)5-14(11)29-17-10(19(24,25)26)7-13(22)18(16(17)23)30-15-6-9(28)2-4-12(15)21/h1-7H,27-28H2. The molecule has 0 saturated carbocycles. The van der Waals surface area contributed by atoms with Gasteiger partial charge < -0.3 is 20.9 Å². The van der Waals surface area contributed by atoms with Gasteiger partial charge in [0.05, 0.1) is 0 Å². The monoisotopic (exact) mass is 432 g/mol. The van der Waals surface area contributed by atoms with E-state index in [4.69, 9.17) is 20.9 Å². The van der Waals surface area contributed by atoms with Crippen LogP contribution in [-0.2, 0) is 6.18 Å². The summed E-state index contributed by atoms with van der Waals surface area (Å²) >= 11 is 0. The number of alkyl halides is 3. The molecule has 3 aromatic carbocycles. The van der Waals surface area contributed by atoms with Crippen molar-refractivity contribution in [1.82, 2.24) is 0 Å². The van der Waals surface area contributed by atoms with E-state index in [0.29, 0.717) is 0 Å². The van der Waals surface area contributed by atoms with Crippen molar-refractivity contribution in [3.63, 3.8) is 0 Å². The summed E-state index contributed by atoms with van der Waals surface area (Å²) < 4.78 is 106. The largest absolute Gasteiger partial charge is 0.450 e. The molecule has 0 radical (unpaired) electrons. The van der Waals surface area contributed by atoms with Crippen molar-refractivity contribution >= 4 is 11.4 Å². The summed E-state index contributed by atoms with van der Waals surface area (Å²) in [5.74, 6) is -10.6. The average molecular weight is 432 g/mol. The van der Waals surface area contributed by atoms with Crippen molar-refractivity contribution in [3.8, 4) is 23.0 Å². The third kappa shape index (κ3) is 4.19. The lowest BCUT2D eigenvalue weighted by atomic mass is 10.1. The first kappa shape index (κ1) is 21.1. The number of benzene rings is 3. The molecule has 0 amide bonds. The Morgan fingerprint density at radius 2 is 1.10 bits per heavy atom. The van der Waals surface area contributed by atoms with E-state index in [2.05, 4.69) is 0 Å². The van der Waals surface area contributed by atoms with Crippen LogP contribution in [0.4, 0.5) is 42.1 Å². The molecule has 3 aromatic rings. The Morgan fingerprint density at radius 1 is 0.633 bits per heavy atom. The summed E-state index contributed by atoms with van der Waals surface area (Å²) in [6.45, 7) is 0.